The van der Waals surface area contributed by atoms with Crippen molar-refractivity contribution in [3.63, 3.8) is 0 Å². The molecule has 17 heavy (non-hydrogen) atoms. The molecule has 0 bridgehead atoms. The highest BCUT2D eigenvalue weighted by molar-refractivity contribution is 6.32. The third-order valence-electron chi connectivity index (χ3n) is 3.03. The SMILES string of the molecule is N#Cc1ccc(NCC2(C(=O)O)CC2)cc1Cl. The van der Waals surface area contributed by atoms with Crippen molar-refractivity contribution in [2.75, 3.05) is 11.9 Å². The van der Waals surface area contributed by atoms with Crippen molar-refractivity contribution in [1.82, 2.24) is 0 Å². The second-order valence-corrected chi connectivity index (χ2v) is 4.65. The molecule has 1 saturated carbocycles. The fourth-order valence-electron chi connectivity index (χ4n) is 1.60. The summed E-state index contributed by atoms with van der Waals surface area (Å²) >= 11 is 5.88. The Morgan fingerprint density at radius 1 is 1.59 bits per heavy atom. The molecule has 0 radical (unpaired) electrons. The fraction of sp³-hybridized carbons (Fsp3) is 0.333. The largest absolute Gasteiger partial charge is 0.481 e. The van der Waals surface area contributed by atoms with E-state index in [0.717, 1.165) is 5.69 Å². The number of halogens is 1. The molecule has 0 atom stereocenters. The minimum Gasteiger partial charge on any atom is -0.481 e. The van der Waals surface area contributed by atoms with Gasteiger partial charge in [-0.3, -0.25) is 4.79 Å². The van der Waals surface area contributed by atoms with E-state index in [-0.39, 0.29) is 0 Å². The Hall–Kier alpha value is -1.73. The Bertz CT molecular complexity index is 504. The molecule has 1 fully saturated rings. The summed E-state index contributed by atoms with van der Waals surface area (Å²) in [5.41, 5.74) is 0.540. The molecule has 0 aliphatic heterocycles. The number of benzene rings is 1. The highest BCUT2D eigenvalue weighted by Gasteiger charge is 2.49. The molecule has 4 nitrogen and oxygen atoms in total. The molecule has 2 N–H and O–H groups in total. The first-order valence-corrected chi connectivity index (χ1v) is 5.62. The normalized spacial score (nSPS) is 16.0. The number of carbonyl (C=O) groups is 1. The van der Waals surface area contributed by atoms with Gasteiger partial charge < -0.3 is 10.4 Å². The topological polar surface area (TPSA) is 73.1 Å². The van der Waals surface area contributed by atoms with E-state index < -0.39 is 11.4 Å². The number of hydrogen-bond acceptors (Lipinski definition) is 3. The molecule has 5 heteroatoms. The fourth-order valence-corrected chi connectivity index (χ4v) is 1.83. The van der Waals surface area contributed by atoms with Crippen LogP contribution in [0.5, 0.6) is 0 Å². The van der Waals surface area contributed by atoms with Crippen molar-refractivity contribution in [1.29, 1.82) is 5.26 Å². The smallest absolute Gasteiger partial charge is 0.311 e. The predicted octanol–water partition coefficient (Wildman–Crippen LogP) is 2.49. The Morgan fingerprint density at radius 3 is 2.76 bits per heavy atom. The van der Waals surface area contributed by atoms with Gasteiger partial charge in [0, 0.05) is 12.2 Å². The van der Waals surface area contributed by atoms with Gasteiger partial charge in [0.05, 0.1) is 16.0 Å². The van der Waals surface area contributed by atoms with Gasteiger partial charge in [-0.2, -0.15) is 5.26 Å². The van der Waals surface area contributed by atoms with E-state index in [9.17, 15) is 4.79 Å². The number of carboxylic acid groups (broad SMARTS) is 1. The van der Waals surface area contributed by atoms with E-state index in [4.69, 9.17) is 22.0 Å². The molecule has 0 amide bonds. The zero-order valence-electron chi connectivity index (χ0n) is 9.03. The van der Waals surface area contributed by atoms with Crippen LogP contribution in [0, 0.1) is 16.7 Å². The zero-order valence-corrected chi connectivity index (χ0v) is 9.79. The van der Waals surface area contributed by atoms with E-state index in [0.29, 0.717) is 30.0 Å². The average Bonchev–Trinajstić information content (AvgIpc) is 3.07. The van der Waals surface area contributed by atoms with Crippen LogP contribution in [-0.4, -0.2) is 17.6 Å². The molecular formula is C12H11ClN2O2. The lowest BCUT2D eigenvalue weighted by atomic mass is 10.1. The van der Waals surface area contributed by atoms with Gasteiger partial charge in [-0.15, -0.1) is 0 Å². The number of carboxylic acids is 1. The zero-order chi connectivity index (χ0) is 12.5. The van der Waals surface area contributed by atoms with Crippen molar-refractivity contribution in [2.24, 2.45) is 5.41 Å². The van der Waals surface area contributed by atoms with Crippen LogP contribution in [0.2, 0.25) is 5.02 Å². The lowest BCUT2D eigenvalue weighted by Crippen LogP contribution is -2.24. The molecule has 1 aromatic carbocycles. The third-order valence-corrected chi connectivity index (χ3v) is 3.34. The van der Waals surface area contributed by atoms with Crippen LogP contribution in [0.15, 0.2) is 18.2 Å². The number of nitriles is 1. The number of hydrogen-bond donors (Lipinski definition) is 2. The van der Waals surface area contributed by atoms with Crippen LogP contribution in [0.3, 0.4) is 0 Å². The van der Waals surface area contributed by atoms with Crippen molar-refractivity contribution in [3.8, 4) is 6.07 Å². The van der Waals surface area contributed by atoms with Crippen molar-refractivity contribution in [3.05, 3.63) is 28.8 Å². The first kappa shape index (κ1) is 11.7. The second-order valence-electron chi connectivity index (χ2n) is 4.25. The van der Waals surface area contributed by atoms with Gasteiger partial charge in [-0.25, -0.2) is 0 Å². The van der Waals surface area contributed by atoms with Gasteiger partial charge >= 0.3 is 5.97 Å². The summed E-state index contributed by atoms with van der Waals surface area (Å²) in [7, 11) is 0. The van der Waals surface area contributed by atoms with Crippen molar-refractivity contribution >= 4 is 23.3 Å². The van der Waals surface area contributed by atoms with E-state index in [1.54, 1.807) is 18.2 Å². The molecule has 0 aromatic heterocycles. The quantitative estimate of drug-likeness (QED) is 0.861. The number of nitrogens with zero attached hydrogens (tertiary/aromatic N) is 1. The lowest BCUT2D eigenvalue weighted by Gasteiger charge is -2.12. The Balaban J connectivity index is 2.03. The van der Waals surface area contributed by atoms with Crippen LogP contribution < -0.4 is 5.32 Å². The third kappa shape index (κ3) is 2.34. The summed E-state index contributed by atoms with van der Waals surface area (Å²) in [4.78, 5) is 11.0. The van der Waals surface area contributed by atoms with Crippen LogP contribution in [0.25, 0.3) is 0 Å². The van der Waals surface area contributed by atoms with Gasteiger partial charge in [-0.05, 0) is 31.0 Å². The first-order chi connectivity index (χ1) is 8.07. The predicted molar refractivity (Wildman–Crippen MR) is 64.0 cm³/mol. The highest BCUT2D eigenvalue weighted by atomic mass is 35.5. The van der Waals surface area contributed by atoms with E-state index in [2.05, 4.69) is 5.32 Å². The van der Waals surface area contributed by atoms with Crippen LogP contribution in [0.4, 0.5) is 5.69 Å². The maximum absolute atomic E-state index is 11.0. The molecule has 1 aliphatic carbocycles. The minimum atomic E-state index is -0.759. The standard InChI is InChI=1S/C12H11ClN2O2/c13-10-5-9(2-1-8(10)6-14)15-7-12(3-4-12)11(16)17/h1-2,5,15H,3-4,7H2,(H,16,17). The maximum atomic E-state index is 11.0. The van der Waals surface area contributed by atoms with Gasteiger partial charge in [0.25, 0.3) is 0 Å². The molecule has 0 spiro atoms. The molecule has 1 aromatic rings. The number of aliphatic carboxylic acids is 1. The van der Waals surface area contributed by atoms with Crippen LogP contribution in [-0.2, 0) is 4.79 Å². The van der Waals surface area contributed by atoms with E-state index in [1.807, 2.05) is 6.07 Å². The van der Waals surface area contributed by atoms with Gasteiger partial charge in [-0.1, -0.05) is 11.6 Å². The average molecular weight is 251 g/mol. The monoisotopic (exact) mass is 250 g/mol. The molecule has 1 aliphatic rings. The number of anilines is 1. The van der Waals surface area contributed by atoms with E-state index in [1.165, 1.54) is 0 Å². The molecular weight excluding hydrogens is 240 g/mol. The Kier molecular flexibility index (Phi) is 2.95. The van der Waals surface area contributed by atoms with Crippen molar-refractivity contribution < 1.29 is 9.90 Å². The lowest BCUT2D eigenvalue weighted by molar-refractivity contribution is -0.142. The summed E-state index contributed by atoms with van der Waals surface area (Å²) in [5, 5.41) is 21.1. The second kappa shape index (κ2) is 4.27. The summed E-state index contributed by atoms with van der Waals surface area (Å²) in [6.45, 7) is 0.393. The van der Waals surface area contributed by atoms with E-state index >= 15 is 0 Å². The maximum Gasteiger partial charge on any atom is 0.311 e. The highest BCUT2D eigenvalue weighted by Crippen LogP contribution is 2.45. The Morgan fingerprint density at radius 2 is 2.29 bits per heavy atom. The number of nitrogens with one attached hydrogen (secondary N) is 1. The summed E-state index contributed by atoms with van der Waals surface area (Å²) < 4.78 is 0. The molecule has 0 saturated heterocycles. The molecule has 0 heterocycles. The molecule has 2 rings (SSSR count). The molecule has 88 valence electrons. The minimum absolute atomic E-state index is 0.373. The number of rotatable bonds is 4. The molecule has 0 unspecified atom stereocenters. The van der Waals surface area contributed by atoms with Crippen LogP contribution in [0.1, 0.15) is 18.4 Å². The van der Waals surface area contributed by atoms with Crippen LogP contribution >= 0.6 is 11.6 Å². The van der Waals surface area contributed by atoms with Gasteiger partial charge in [0.1, 0.15) is 6.07 Å². The van der Waals surface area contributed by atoms with Crippen molar-refractivity contribution in [2.45, 2.75) is 12.8 Å². The summed E-state index contributed by atoms with van der Waals surface area (Å²) in [5.74, 6) is -0.759. The van der Waals surface area contributed by atoms with Gasteiger partial charge in [0.15, 0.2) is 0 Å². The summed E-state index contributed by atoms with van der Waals surface area (Å²) in [6.07, 6.45) is 1.42. The Labute approximate surface area is 104 Å². The van der Waals surface area contributed by atoms with Gasteiger partial charge in [0.2, 0.25) is 0 Å². The summed E-state index contributed by atoms with van der Waals surface area (Å²) in [6, 6.07) is 6.95. The first-order valence-electron chi connectivity index (χ1n) is 5.24.